The number of hydrogen-bond donors (Lipinski definition) is 0. The molecule has 0 spiro atoms. The molecule has 0 bridgehead atoms. The van der Waals surface area contributed by atoms with Gasteiger partial charge in [-0.3, -0.25) is 14.9 Å². The minimum atomic E-state index is -4.64. The molecule has 2 aromatic carbocycles. The van der Waals surface area contributed by atoms with Crippen LogP contribution in [-0.4, -0.2) is 41.4 Å². The number of anilines is 1. The van der Waals surface area contributed by atoms with E-state index < -0.39 is 22.4 Å². The van der Waals surface area contributed by atoms with Crippen molar-refractivity contribution in [3.8, 4) is 0 Å². The summed E-state index contributed by atoms with van der Waals surface area (Å²) in [6, 6.07) is 13.1. The van der Waals surface area contributed by atoms with Gasteiger partial charge in [0.25, 0.3) is 5.69 Å². The number of rotatable bonds is 6. The fraction of sp³-hybridized carbons (Fsp3) is 0.480. The SMILES string of the molecule is O=C(C1CCN(c2ccc(C(F)(F)F)cc2[N+](=O)[O-])CC1)N1CCCC1CCc1ccccc1. The van der Waals surface area contributed by atoms with Crippen molar-refractivity contribution in [3.05, 3.63) is 69.8 Å². The second kappa shape index (κ2) is 10.0. The maximum absolute atomic E-state index is 13.3. The van der Waals surface area contributed by atoms with E-state index in [4.69, 9.17) is 0 Å². The van der Waals surface area contributed by atoms with Crippen LogP contribution in [0, 0.1) is 16.0 Å². The summed E-state index contributed by atoms with van der Waals surface area (Å²) >= 11 is 0. The summed E-state index contributed by atoms with van der Waals surface area (Å²) in [6.45, 7) is 1.54. The largest absolute Gasteiger partial charge is 0.416 e. The molecule has 9 heteroatoms. The van der Waals surface area contributed by atoms with Crippen LogP contribution in [0.1, 0.15) is 43.2 Å². The molecule has 1 amide bonds. The molecule has 2 fully saturated rings. The second-order valence-corrected chi connectivity index (χ2v) is 9.07. The van der Waals surface area contributed by atoms with Gasteiger partial charge in [-0.2, -0.15) is 13.2 Å². The first kappa shape index (κ1) is 24.0. The third-order valence-corrected chi connectivity index (χ3v) is 6.95. The van der Waals surface area contributed by atoms with Crippen molar-refractivity contribution in [3.63, 3.8) is 0 Å². The molecule has 182 valence electrons. The van der Waals surface area contributed by atoms with Gasteiger partial charge in [-0.1, -0.05) is 30.3 Å². The topological polar surface area (TPSA) is 66.7 Å². The van der Waals surface area contributed by atoms with Gasteiger partial charge in [0, 0.05) is 37.7 Å². The first-order valence-electron chi connectivity index (χ1n) is 11.7. The fourth-order valence-corrected chi connectivity index (χ4v) is 5.12. The minimum Gasteiger partial charge on any atom is -0.366 e. The van der Waals surface area contributed by atoms with Gasteiger partial charge in [-0.05, 0) is 56.2 Å². The molecule has 6 nitrogen and oxygen atoms in total. The van der Waals surface area contributed by atoms with Gasteiger partial charge < -0.3 is 9.80 Å². The molecule has 2 aliphatic rings. The number of hydrogen-bond acceptors (Lipinski definition) is 4. The van der Waals surface area contributed by atoms with Gasteiger partial charge in [0.1, 0.15) is 5.69 Å². The van der Waals surface area contributed by atoms with Gasteiger partial charge in [-0.25, -0.2) is 0 Å². The highest BCUT2D eigenvalue weighted by Gasteiger charge is 2.37. The quantitative estimate of drug-likeness (QED) is 0.411. The summed E-state index contributed by atoms with van der Waals surface area (Å²) in [5.74, 6) is -0.0285. The molecule has 34 heavy (non-hydrogen) atoms. The lowest BCUT2D eigenvalue weighted by Gasteiger charge is -2.36. The van der Waals surface area contributed by atoms with Crippen LogP contribution in [0.3, 0.4) is 0 Å². The Labute approximate surface area is 196 Å². The Hall–Kier alpha value is -3.10. The molecule has 4 rings (SSSR count). The number of nitrogens with zero attached hydrogens (tertiary/aromatic N) is 3. The number of benzene rings is 2. The lowest BCUT2D eigenvalue weighted by molar-refractivity contribution is -0.384. The van der Waals surface area contributed by atoms with Crippen molar-refractivity contribution in [1.82, 2.24) is 4.90 Å². The first-order valence-corrected chi connectivity index (χ1v) is 11.7. The van der Waals surface area contributed by atoms with E-state index in [2.05, 4.69) is 12.1 Å². The van der Waals surface area contributed by atoms with Crippen LogP contribution in [0.2, 0.25) is 0 Å². The molecule has 0 radical (unpaired) electrons. The van der Waals surface area contributed by atoms with Crippen molar-refractivity contribution in [2.45, 2.75) is 50.7 Å². The van der Waals surface area contributed by atoms with Crippen LogP contribution in [0.25, 0.3) is 0 Å². The zero-order valence-corrected chi connectivity index (χ0v) is 18.8. The van der Waals surface area contributed by atoms with Crippen molar-refractivity contribution in [2.24, 2.45) is 5.92 Å². The fourth-order valence-electron chi connectivity index (χ4n) is 5.12. The maximum atomic E-state index is 13.3. The van der Waals surface area contributed by atoms with Crippen LogP contribution in [0.4, 0.5) is 24.5 Å². The molecular weight excluding hydrogens is 447 g/mol. The Balaban J connectivity index is 1.38. The van der Waals surface area contributed by atoms with Crippen LogP contribution in [0.15, 0.2) is 48.5 Å². The maximum Gasteiger partial charge on any atom is 0.416 e. The number of nitro benzene ring substituents is 1. The van der Waals surface area contributed by atoms with Gasteiger partial charge in [0.15, 0.2) is 0 Å². The highest BCUT2D eigenvalue weighted by atomic mass is 19.4. The smallest absolute Gasteiger partial charge is 0.366 e. The predicted molar refractivity (Wildman–Crippen MR) is 123 cm³/mol. The zero-order chi connectivity index (χ0) is 24.3. The number of amides is 1. The highest BCUT2D eigenvalue weighted by molar-refractivity contribution is 5.80. The molecule has 2 aliphatic heterocycles. The predicted octanol–water partition coefficient (Wildman–Crippen LogP) is 5.45. The van der Waals surface area contributed by atoms with Crippen LogP contribution in [-0.2, 0) is 17.4 Å². The van der Waals surface area contributed by atoms with E-state index in [0.29, 0.717) is 32.0 Å². The van der Waals surface area contributed by atoms with E-state index >= 15 is 0 Å². The number of halogens is 3. The van der Waals surface area contributed by atoms with E-state index in [1.165, 1.54) is 11.6 Å². The van der Waals surface area contributed by atoms with E-state index in [9.17, 15) is 28.1 Å². The van der Waals surface area contributed by atoms with Gasteiger partial charge in [0.2, 0.25) is 5.91 Å². The summed E-state index contributed by atoms with van der Waals surface area (Å²) in [6.07, 6.45) is 0.238. The number of aryl methyl sites for hydroxylation is 1. The summed E-state index contributed by atoms with van der Waals surface area (Å²) in [5.41, 5.74) is -0.164. The summed E-state index contributed by atoms with van der Waals surface area (Å²) in [7, 11) is 0. The molecule has 2 heterocycles. The molecule has 2 saturated heterocycles. The van der Waals surface area contributed by atoms with Crippen LogP contribution >= 0.6 is 0 Å². The van der Waals surface area contributed by atoms with Crippen molar-refractivity contribution in [2.75, 3.05) is 24.5 Å². The molecule has 0 aromatic heterocycles. The van der Waals surface area contributed by atoms with Crippen LogP contribution < -0.4 is 4.90 Å². The molecule has 1 unspecified atom stereocenters. The number of alkyl halides is 3. The van der Waals surface area contributed by atoms with Gasteiger partial charge in [0.05, 0.1) is 10.5 Å². The Morgan fingerprint density at radius 1 is 1.03 bits per heavy atom. The van der Waals surface area contributed by atoms with Gasteiger partial charge >= 0.3 is 6.18 Å². The van der Waals surface area contributed by atoms with Gasteiger partial charge in [-0.15, -0.1) is 0 Å². The van der Waals surface area contributed by atoms with E-state index in [1.807, 2.05) is 23.1 Å². The monoisotopic (exact) mass is 475 g/mol. The zero-order valence-electron chi connectivity index (χ0n) is 18.8. The van der Waals surface area contributed by atoms with E-state index in [-0.39, 0.29) is 23.6 Å². The number of likely N-dealkylation sites (tertiary alicyclic amines) is 1. The summed E-state index contributed by atoms with van der Waals surface area (Å²) in [5, 5.41) is 11.4. The normalized spacial score (nSPS) is 19.4. The van der Waals surface area contributed by atoms with Crippen molar-refractivity contribution < 1.29 is 22.9 Å². The standard InChI is InChI=1S/C25H28F3N3O3/c26-25(27,28)20-9-11-22(23(17-20)31(33)34)29-15-12-19(13-16-29)24(32)30-14-4-7-21(30)10-8-18-5-2-1-3-6-18/h1-3,5-6,9,11,17,19,21H,4,7-8,10,12-16H2. The highest BCUT2D eigenvalue weighted by Crippen LogP contribution is 2.38. The molecule has 2 aromatic rings. The van der Waals surface area contributed by atoms with Crippen LogP contribution in [0.5, 0.6) is 0 Å². The van der Waals surface area contributed by atoms with Crippen molar-refractivity contribution >= 4 is 17.3 Å². The Kier molecular flexibility index (Phi) is 7.09. The molecule has 1 atom stereocenters. The van der Waals surface area contributed by atoms with E-state index in [1.54, 1.807) is 4.90 Å². The molecular formula is C25H28F3N3O3. The van der Waals surface area contributed by atoms with E-state index in [0.717, 1.165) is 38.3 Å². The average molecular weight is 476 g/mol. The minimum absolute atomic E-state index is 0.136. The molecule has 0 saturated carbocycles. The summed E-state index contributed by atoms with van der Waals surface area (Å²) < 4.78 is 39.0. The molecule has 0 aliphatic carbocycles. The second-order valence-electron chi connectivity index (χ2n) is 9.07. The Morgan fingerprint density at radius 3 is 2.38 bits per heavy atom. The number of carbonyl (C=O) groups excluding carboxylic acids is 1. The number of carbonyl (C=O) groups is 1. The Morgan fingerprint density at radius 2 is 1.74 bits per heavy atom. The third kappa shape index (κ3) is 5.34. The average Bonchev–Trinajstić information content (AvgIpc) is 3.31. The number of piperidine rings is 1. The lowest BCUT2D eigenvalue weighted by atomic mass is 9.93. The van der Waals surface area contributed by atoms with Crippen molar-refractivity contribution in [1.29, 1.82) is 0 Å². The lowest BCUT2D eigenvalue weighted by Crippen LogP contribution is -2.44. The third-order valence-electron chi connectivity index (χ3n) is 6.95. The number of nitro groups is 1. The Bertz CT molecular complexity index is 1020. The molecule has 0 N–H and O–H groups in total. The summed E-state index contributed by atoms with van der Waals surface area (Å²) in [4.78, 5) is 27.7. The first-order chi connectivity index (χ1) is 16.2.